The van der Waals surface area contributed by atoms with Gasteiger partial charge in [-0.05, 0) is 25.1 Å². The summed E-state index contributed by atoms with van der Waals surface area (Å²) in [6, 6.07) is 8.46. The number of rotatable bonds is 7. The predicted molar refractivity (Wildman–Crippen MR) is 90.1 cm³/mol. The van der Waals surface area contributed by atoms with Crippen molar-refractivity contribution in [3.63, 3.8) is 0 Å². The number of hydrogen-bond acceptors (Lipinski definition) is 5. The van der Waals surface area contributed by atoms with E-state index in [0.717, 1.165) is 12.1 Å². The highest BCUT2D eigenvalue weighted by Crippen LogP contribution is 2.26. The normalized spacial score (nSPS) is 10.1. The number of ketones is 1. The summed E-state index contributed by atoms with van der Waals surface area (Å²) >= 11 is 0. The molecule has 25 heavy (non-hydrogen) atoms. The summed E-state index contributed by atoms with van der Waals surface area (Å²) < 4.78 is 28.8. The number of Topliss-reactive ketones (excluding diaryl/α,β-unsaturated/α-hetero) is 1. The van der Waals surface area contributed by atoms with Crippen molar-refractivity contribution in [1.29, 1.82) is 0 Å². The van der Waals surface area contributed by atoms with Gasteiger partial charge in [-0.3, -0.25) is 9.59 Å². The minimum absolute atomic E-state index is 0.0795. The largest absolute Gasteiger partial charge is 0.497 e. The summed E-state index contributed by atoms with van der Waals surface area (Å²) in [5.74, 6) is -0.166. The maximum atomic E-state index is 13.2. The number of carbonyl (C=O) groups excluding carboxylic acids is 2. The lowest BCUT2D eigenvalue weighted by Crippen LogP contribution is -2.20. The first kappa shape index (κ1) is 18.3. The molecule has 0 aliphatic heterocycles. The fourth-order valence-corrected chi connectivity index (χ4v) is 2.12. The van der Waals surface area contributed by atoms with E-state index in [2.05, 4.69) is 5.32 Å². The minimum atomic E-state index is -0.550. The van der Waals surface area contributed by atoms with Gasteiger partial charge >= 0.3 is 0 Å². The Bertz CT molecular complexity index is 769. The Labute approximate surface area is 144 Å². The van der Waals surface area contributed by atoms with Gasteiger partial charge in [-0.25, -0.2) is 4.39 Å². The van der Waals surface area contributed by atoms with E-state index < -0.39 is 11.7 Å². The van der Waals surface area contributed by atoms with E-state index in [9.17, 15) is 14.0 Å². The topological polar surface area (TPSA) is 73.9 Å². The molecule has 0 heterocycles. The van der Waals surface area contributed by atoms with E-state index in [-0.39, 0.29) is 23.7 Å². The summed E-state index contributed by atoms with van der Waals surface area (Å²) in [6.07, 6.45) is 0. The van der Waals surface area contributed by atoms with Gasteiger partial charge in [-0.2, -0.15) is 0 Å². The molecule has 1 N–H and O–H groups in total. The van der Waals surface area contributed by atoms with Crippen molar-refractivity contribution >= 4 is 17.4 Å². The maximum absolute atomic E-state index is 13.2. The highest BCUT2D eigenvalue weighted by molar-refractivity contribution is 5.97. The molecular formula is C18H18FNO5. The number of carbonyl (C=O) groups is 2. The minimum Gasteiger partial charge on any atom is -0.497 e. The highest BCUT2D eigenvalue weighted by atomic mass is 19.1. The average Bonchev–Trinajstić information content (AvgIpc) is 2.60. The van der Waals surface area contributed by atoms with Crippen LogP contribution in [-0.2, 0) is 4.79 Å². The van der Waals surface area contributed by atoms with Crippen molar-refractivity contribution < 1.29 is 28.2 Å². The number of benzene rings is 2. The molecule has 0 aromatic heterocycles. The SMILES string of the molecule is COc1cc(NC(=O)COc2ccc(F)cc2C(C)=O)cc(OC)c1. The predicted octanol–water partition coefficient (Wildman–Crippen LogP) is 3.06. The van der Waals surface area contributed by atoms with Crippen molar-refractivity contribution in [2.24, 2.45) is 0 Å². The third kappa shape index (κ3) is 4.94. The van der Waals surface area contributed by atoms with Crippen molar-refractivity contribution in [3.05, 3.63) is 47.8 Å². The van der Waals surface area contributed by atoms with Crippen molar-refractivity contribution in [1.82, 2.24) is 0 Å². The van der Waals surface area contributed by atoms with Crippen LogP contribution in [0.15, 0.2) is 36.4 Å². The summed E-state index contributed by atoms with van der Waals surface area (Å²) in [5.41, 5.74) is 0.548. The summed E-state index contributed by atoms with van der Waals surface area (Å²) in [6.45, 7) is 0.954. The number of nitrogens with one attached hydrogen (secondary N) is 1. The van der Waals surface area contributed by atoms with Crippen LogP contribution >= 0.6 is 0 Å². The molecule has 6 nitrogen and oxygen atoms in total. The zero-order chi connectivity index (χ0) is 18.4. The van der Waals surface area contributed by atoms with Crippen LogP contribution in [0.4, 0.5) is 10.1 Å². The molecule has 0 unspecified atom stereocenters. The van der Waals surface area contributed by atoms with Gasteiger partial charge in [-0.1, -0.05) is 0 Å². The Balaban J connectivity index is 2.06. The van der Waals surface area contributed by atoms with E-state index in [1.165, 1.54) is 27.2 Å². The molecule has 7 heteroatoms. The van der Waals surface area contributed by atoms with Crippen LogP contribution < -0.4 is 19.5 Å². The monoisotopic (exact) mass is 347 g/mol. The first-order valence-corrected chi connectivity index (χ1v) is 7.39. The Morgan fingerprint density at radius 3 is 2.24 bits per heavy atom. The first-order chi connectivity index (χ1) is 11.9. The highest BCUT2D eigenvalue weighted by Gasteiger charge is 2.12. The third-order valence-electron chi connectivity index (χ3n) is 3.31. The van der Waals surface area contributed by atoms with Gasteiger partial charge in [0.05, 0.1) is 19.8 Å². The fraction of sp³-hybridized carbons (Fsp3) is 0.222. The Morgan fingerprint density at radius 2 is 1.68 bits per heavy atom. The Hall–Kier alpha value is -3.09. The Morgan fingerprint density at radius 1 is 1.04 bits per heavy atom. The van der Waals surface area contributed by atoms with Crippen molar-refractivity contribution in [2.75, 3.05) is 26.1 Å². The molecule has 0 atom stereocenters. The lowest BCUT2D eigenvalue weighted by atomic mass is 10.1. The molecule has 2 aromatic carbocycles. The number of methoxy groups -OCH3 is 2. The van der Waals surface area contributed by atoms with Gasteiger partial charge in [0.25, 0.3) is 5.91 Å². The molecule has 0 radical (unpaired) electrons. The van der Waals surface area contributed by atoms with Crippen LogP contribution in [0.5, 0.6) is 17.2 Å². The third-order valence-corrected chi connectivity index (χ3v) is 3.31. The van der Waals surface area contributed by atoms with Gasteiger partial charge in [0, 0.05) is 23.9 Å². The molecule has 0 aliphatic carbocycles. The number of anilines is 1. The molecule has 132 valence electrons. The van der Waals surface area contributed by atoms with Gasteiger partial charge in [0.2, 0.25) is 0 Å². The van der Waals surface area contributed by atoms with Gasteiger partial charge in [0.15, 0.2) is 12.4 Å². The van der Waals surface area contributed by atoms with E-state index in [0.29, 0.717) is 17.2 Å². The summed E-state index contributed by atoms with van der Waals surface area (Å²) in [5, 5.41) is 2.64. The molecule has 2 rings (SSSR count). The molecule has 1 amide bonds. The lowest BCUT2D eigenvalue weighted by molar-refractivity contribution is -0.118. The molecule has 0 bridgehead atoms. The number of halogens is 1. The van der Waals surface area contributed by atoms with Crippen LogP contribution in [0, 0.1) is 5.82 Å². The fourth-order valence-electron chi connectivity index (χ4n) is 2.12. The quantitative estimate of drug-likeness (QED) is 0.779. The first-order valence-electron chi connectivity index (χ1n) is 7.39. The van der Waals surface area contributed by atoms with Crippen molar-refractivity contribution in [2.45, 2.75) is 6.92 Å². The van der Waals surface area contributed by atoms with E-state index in [4.69, 9.17) is 14.2 Å². The smallest absolute Gasteiger partial charge is 0.262 e. The standard InChI is InChI=1S/C18H18FNO5/c1-11(21)16-6-12(19)4-5-17(16)25-10-18(22)20-13-7-14(23-2)9-15(8-13)24-3/h4-9H,10H2,1-3H3,(H,20,22). The van der Waals surface area contributed by atoms with Crippen LogP contribution in [0.1, 0.15) is 17.3 Å². The molecule has 0 saturated carbocycles. The maximum Gasteiger partial charge on any atom is 0.262 e. The summed E-state index contributed by atoms with van der Waals surface area (Å²) in [4.78, 5) is 23.6. The molecule has 0 aliphatic rings. The van der Waals surface area contributed by atoms with E-state index in [1.807, 2.05) is 0 Å². The second-order valence-electron chi connectivity index (χ2n) is 5.13. The van der Waals surface area contributed by atoms with Crippen LogP contribution in [0.2, 0.25) is 0 Å². The average molecular weight is 347 g/mol. The second-order valence-corrected chi connectivity index (χ2v) is 5.13. The van der Waals surface area contributed by atoms with Gasteiger partial charge in [0.1, 0.15) is 23.1 Å². The Kier molecular flexibility index (Phi) is 5.94. The number of hydrogen-bond donors (Lipinski definition) is 1. The molecule has 0 saturated heterocycles. The lowest BCUT2D eigenvalue weighted by Gasteiger charge is -2.12. The number of amides is 1. The van der Waals surface area contributed by atoms with E-state index in [1.54, 1.807) is 18.2 Å². The molecule has 2 aromatic rings. The second kappa shape index (κ2) is 8.14. The molecule has 0 spiro atoms. The molecule has 0 fully saturated rings. The van der Waals surface area contributed by atoms with Crippen molar-refractivity contribution in [3.8, 4) is 17.2 Å². The van der Waals surface area contributed by atoms with Crippen LogP contribution in [-0.4, -0.2) is 32.5 Å². The zero-order valence-corrected chi connectivity index (χ0v) is 14.1. The van der Waals surface area contributed by atoms with Gasteiger partial charge in [-0.15, -0.1) is 0 Å². The molecular weight excluding hydrogens is 329 g/mol. The van der Waals surface area contributed by atoms with Crippen LogP contribution in [0.25, 0.3) is 0 Å². The van der Waals surface area contributed by atoms with Gasteiger partial charge < -0.3 is 19.5 Å². The summed E-state index contributed by atoms with van der Waals surface area (Å²) in [7, 11) is 3.00. The number of ether oxygens (including phenoxy) is 3. The van der Waals surface area contributed by atoms with E-state index >= 15 is 0 Å². The van der Waals surface area contributed by atoms with Crippen LogP contribution in [0.3, 0.4) is 0 Å². The zero-order valence-electron chi connectivity index (χ0n) is 14.1.